The second kappa shape index (κ2) is 8.17. The molecule has 7 heteroatoms. The number of methoxy groups -OCH3 is 1. The molecule has 1 N–H and O–H groups in total. The first-order chi connectivity index (χ1) is 12.1. The van der Waals surface area contributed by atoms with Gasteiger partial charge in [-0.2, -0.15) is 0 Å². The van der Waals surface area contributed by atoms with E-state index in [2.05, 4.69) is 10.2 Å². The number of carbonyl (C=O) groups is 2. The molecule has 0 bridgehead atoms. The molecule has 0 aliphatic carbocycles. The van der Waals surface area contributed by atoms with Gasteiger partial charge in [0.25, 0.3) is 0 Å². The van der Waals surface area contributed by atoms with E-state index >= 15 is 0 Å². The Labute approximate surface area is 153 Å². The molecule has 25 heavy (non-hydrogen) atoms. The quantitative estimate of drug-likeness (QED) is 0.832. The van der Waals surface area contributed by atoms with E-state index in [-0.39, 0.29) is 24.0 Å². The van der Waals surface area contributed by atoms with Crippen molar-refractivity contribution in [2.45, 2.75) is 19.0 Å². The lowest BCUT2D eigenvalue weighted by atomic mass is 9.87. The zero-order chi connectivity index (χ0) is 17.8. The van der Waals surface area contributed by atoms with E-state index in [1.54, 1.807) is 29.2 Å². The first kappa shape index (κ1) is 18.2. The molecule has 0 saturated carbocycles. The van der Waals surface area contributed by atoms with Crippen LogP contribution in [0.4, 0.5) is 4.79 Å². The van der Waals surface area contributed by atoms with Gasteiger partial charge in [0.2, 0.25) is 0 Å². The number of Topliss-reactive ketones (excluding diaryl/α,β-unsaturated/α-hetero) is 1. The molecule has 2 aliphatic rings. The summed E-state index contributed by atoms with van der Waals surface area (Å²) < 4.78 is 4.78. The van der Waals surface area contributed by atoms with Gasteiger partial charge in [0, 0.05) is 42.7 Å². The van der Waals surface area contributed by atoms with Crippen molar-refractivity contribution in [1.82, 2.24) is 15.1 Å². The predicted octanol–water partition coefficient (Wildman–Crippen LogP) is 2.23. The molecule has 0 radical (unpaired) electrons. The third kappa shape index (κ3) is 4.32. The monoisotopic (exact) mass is 365 g/mol. The van der Waals surface area contributed by atoms with Gasteiger partial charge in [-0.3, -0.25) is 9.69 Å². The minimum absolute atomic E-state index is 0.0195. The zero-order valence-electron chi connectivity index (χ0n) is 14.4. The van der Waals surface area contributed by atoms with Gasteiger partial charge in [-0.05, 0) is 43.7 Å². The number of carbonyl (C=O) groups excluding carboxylic acids is 2. The third-order valence-electron chi connectivity index (χ3n) is 5.07. The van der Waals surface area contributed by atoms with Crippen molar-refractivity contribution in [1.29, 1.82) is 0 Å². The molecule has 2 atom stereocenters. The molecule has 2 aliphatic heterocycles. The van der Waals surface area contributed by atoms with E-state index in [9.17, 15) is 9.59 Å². The fraction of sp³-hybridized carbons (Fsp3) is 0.556. The number of hydrogen-bond donors (Lipinski definition) is 1. The Morgan fingerprint density at radius 2 is 1.84 bits per heavy atom. The molecule has 2 unspecified atom stereocenters. The molecule has 2 heterocycles. The number of ketones is 1. The average molecular weight is 366 g/mol. The fourth-order valence-corrected chi connectivity index (χ4v) is 3.73. The van der Waals surface area contributed by atoms with Crippen LogP contribution in [-0.4, -0.2) is 67.7 Å². The molecule has 2 fully saturated rings. The number of rotatable bonds is 3. The van der Waals surface area contributed by atoms with E-state index in [1.807, 2.05) is 0 Å². The van der Waals surface area contributed by atoms with Crippen LogP contribution in [0.2, 0.25) is 5.02 Å². The van der Waals surface area contributed by atoms with Crippen LogP contribution in [0.15, 0.2) is 24.3 Å². The summed E-state index contributed by atoms with van der Waals surface area (Å²) in [5.74, 6) is 0.211. The van der Waals surface area contributed by atoms with Crippen molar-refractivity contribution in [3.63, 3.8) is 0 Å². The van der Waals surface area contributed by atoms with E-state index in [0.717, 1.165) is 38.0 Å². The predicted molar refractivity (Wildman–Crippen MR) is 95.8 cm³/mol. The number of nitrogens with one attached hydrogen (secondary N) is 1. The number of benzene rings is 1. The maximum atomic E-state index is 12.8. The Bertz CT molecular complexity index is 614. The number of ether oxygens (including phenoxy) is 1. The molecule has 1 aromatic rings. The minimum atomic E-state index is -0.271. The van der Waals surface area contributed by atoms with Gasteiger partial charge in [0.1, 0.15) is 0 Å². The fourth-order valence-electron chi connectivity index (χ4n) is 3.61. The van der Waals surface area contributed by atoms with E-state index < -0.39 is 0 Å². The molecule has 1 aromatic carbocycles. The van der Waals surface area contributed by atoms with Gasteiger partial charge in [-0.15, -0.1) is 0 Å². The molecule has 136 valence electrons. The van der Waals surface area contributed by atoms with E-state index in [0.29, 0.717) is 18.1 Å². The van der Waals surface area contributed by atoms with Crippen molar-refractivity contribution >= 4 is 23.5 Å². The first-order valence-corrected chi connectivity index (χ1v) is 9.06. The molecular formula is C18H24ClN3O3. The topological polar surface area (TPSA) is 61.9 Å². The highest BCUT2D eigenvalue weighted by Crippen LogP contribution is 2.24. The number of nitrogens with zero attached hydrogens (tertiary/aromatic N) is 2. The van der Waals surface area contributed by atoms with E-state index in [1.165, 1.54) is 7.11 Å². The van der Waals surface area contributed by atoms with Crippen molar-refractivity contribution in [2.24, 2.45) is 5.92 Å². The Kier molecular flexibility index (Phi) is 5.93. The molecule has 3 rings (SSSR count). The molecule has 1 amide bonds. The Hall–Kier alpha value is -1.63. The zero-order valence-corrected chi connectivity index (χ0v) is 15.2. The third-order valence-corrected chi connectivity index (χ3v) is 5.32. The normalized spacial score (nSPS) is 24.8. The number of halogens is 1. The van der Waals surface area contributed by atoms with Gasteiger partial charge in [0.05, 0.1) is 13.3 Å². The lowest BCUT2D eigenvalue weighted by Gasteiger charge is -2.42. The summed E-state index contributed by atoms with van der Waals surface area (Å²) in [5, 5.41) is 4.15. The summed E-state index contributed by atoms with van der Waals surface area (Å²) in [6.07, 6.45) is 1.54. The maximum Gasteiger partial charge on any atom is 0.409 e. The summed E-state index contributed by atoms with van der Waals surface area (Å²) >= 11 is 5.91. The van der Waals surface area contributed by atoms with Crippen LogP contribution in [0.5, 0.6) is 0 Å². The van der Waals surface area contributed by atoms with Crippen LogP contribution >= 0.6 is 11.6 Å². The van der Waals surface area contributed by atoms with Crippen LogP contribution in [0.3, 0.4) is 0 Å². The molecule has 0 spiro atoms. The van der Waals surface area contributed by atoms with Crippen LogP contribution < -0.4 is 5.32 Å². The van der Waals surface area contributed by atoms with Crippen LogP contribution in [0.1, 0.15) is 23.2 Å². The summed E-state index contributed by atoms with van der Waals surface area (Å²) in [5.41, 5.74) is 0.727. The highest BCUT2D eigenvalue weighted by atomic mass is 35.5. The molecule has 2 saturated heterocycles. The molecule has 0 aromatic heterocycles. The summed E-state index contributed by atoms with van der Waals surface area (Å²) in [7, 11) is 1.41. The smallest absolute Gasteiger partial charge is 0.409 e. The number of hydrogen-bond acceptors (Lipinski definition) is 5. The van der Waals surface area contributed by atoms with Gasteiger partial charge in [0.15, 0.2) is 5.78 Å². The Balaban J connectivity index is 1.57. The van der Waals surface area contributed by atoms with E-state index in [4.69, 9.17) is 16.3 Å². The van der Waals surface area contributed by atoms with Gasteiger partial charge in [-0.25, -0.2) is 4.79 Å². The van der Waals surface area contributed by atoms with Crippen molar-refractivity contribution in [3.05, 3.63) is 34.9 Å². The number of piperazine rings is 1. The van der Waals surface area contributed by atoms with Gasteiger partial charge >= 0.3 is 6.09 Å². The lowest BCUT2D eigenvalue weighted by molar-refractivity contribution is 0.0468. The van der Waals surface area contributed by atoms with Crippen molar-refractivity contribution in [2.75, 3.05) is 39.8 Å². The Morgan fingerprint density at radius 1 is 1.16 bits per heavy atom. The largest absolute Gasteiger partial charge is 0.453 e. The Morgan fingerprint density at radius 3 is 2.48 bits per heavy atom. The van der Waals surface area contributed by atoms with Crippen molar-refractivity contribution < 1.29 is 14.3 Å². The van der Waals surface area contributed by atoms with Crippen molar-refractivity contribution in [3.8, 4) is 0 Å². The second-order valence-electron chi connectivity index (χ2n) is 6.56. The standard InChI is InChI=1S/C18H24ClN3O3/c1-25-18(24)22-10-8-21(9-11-22)16-12-14(6-7-20-16)17(23)13-2-4-15(19)5-3-13/h2-5,14,16,20H,6-12H2,1H3. The maximum absolute atomic E-state index is 12.8. The van der Waals surface area contributed by atoms with Gasteiger partial charge in [-0.1, -0.05) is 11.6 Å². The highest BCUT2D eigenvalue weighted by Gasteiger charge is 2.33. The molecule has 6 nitrogen and oxygen atoms in total. The SMILES string of the molecule is COC(=O)N1CCN(C2CC(C(=O)c3ccc(Cl)cc3)CCN2)CC1. The summed E-state index contributed by atoms with van der Waals surface area (Å²) in [6, 6.07) is 7.13. The summed E-state index contributed by atoms with van der Waals surface area (Å²) in [4.78, 5) is 28.4. The molecular weight excluding hydrogens is 342 g/mol. The second-order valence-corrected chi connectivity index (χ2v) is 6.99. The van der Waals surface area contributed by atoms with Crippen LogP contribution in [0.25, 0.3) is 0 Å². The highest BCUT2D eigenvalue weighted by molar-refractivity contribution is 6.30. The van der Waals surface area contributed by atoms with Gasteiger partial charge < -0.3 is 15.0 Å². The lowest BCUT2D eigenvalue weighted by Crippen LogP contribution is -2.58. The number of piperidine rings is 1. The minimum Gasteiger partial charge on any atom is -0.453 e. The number of amides is 1. The summed E-state index contributed by atoms with van der Waals surface area (Å²) in [6.45, 7) is 3.70. The van der Waals surface area contributed by atoms with Crippen LogP contribution in [0, 0.1) is 5.92 Å². The first-order valence-electron chi connectivity index (χ1n) is 8.68. The van der Waals surface area contributed by atoms with Crippen LogP contribution in [-0.2, 0) is 4.74 Å². The average Bonchev–Trinajstić information content (AvgIpc) is 2.67.